The molecule has 3 aromatic carbocycles. The number of sulfonamides is 1. The van der Waals surface area contributed by atoms with Crippen molar-refractivity contribution in [3.05, 3.63) is 72.3 Å². The monoisotopic (exact) mass is 494 g/mol. The van der Waals surface area contributed by atoms with E-state index < -0.39 is 10.0 Å². The van der Waals surface area contributed by atoms with Gasteiger partial charge in [-0.2, -0.15) is 0 Å². The molecule has 180 valence electrons. The average molecular weight is 495 g/mol. The molecule has 2 heterocycles. The summed E-state index contributed by atoms with van der Waals surface area (Å²) in [6.45, 7) is 1.80. The SMILES string of the molecule is O=C(/C=C/c1ccc2c(c1)OCCO2)Nc1ccc(NS(=O)(=O)c2ccc3c(c2)OCCO3)cc1. The van der Waals surface area contributed by atoms with Gasteiger partial charge in [0.15, 0.2) is 23.0 Å². The van der Waals surface area contributed by atoms with Crippen LogP contribution < -0.4 is 29.0 Å². The summed E-state index contributed by atoms with van der Waals surface area (Å²) in [4.78, 5) is 12.4. The Bertz CT molecular complexity index is 1390. The van der Waals surface area contributed by atoms with E-state index in [-0.39, 0.29) is 10.8 Å². The molecule has 0 fully saturated rings. The largest absolute Gasteiger partial charge is 0.486 e. The minimum atomic E-state index is -3.83. The highest BCUT2D eigenvalue weighted by Gasteiger charge is 2.19. The molecule has 0 saturated carbocycles. The van der Waals surface area contributed by atoms with Crippen LogP contribution in [-0.2, 0) is 14.8 Å². The Balaban J connectivity index is 1.20. The molecule has 2 N–H and O–H groups in total. The lowest BCUT2D eigenvalue weighted by atomic mass is 10.2. The van der Waals surface area contributed by atoms with Gasteiger partial charge in [0, 0.05) is 23.5 Å². The van der Waals surface area contributed by atoms with E-state index in [9.17, 15) is 13.2 Å². The maximum Gasteiger partial charge on any atom is 0.262 e. The Kier molecular flexibility index (Phi) is 6.19. The number of anilines is 2. The number of rotatable bonds is 6. The van der Waals surface area contributed by atoms with Gasteiger partial charge < -0.3 is 24.3 Å². The molecule has 0 unspecified atom stereocenters. The second-order valence-electron chi connectivity index (χ2n) is 7.71. The number of amides is 1. The second-order valence-corrected chi connectivity index (χ2v) is 9.40. The van der Waals surface area contributed by atoms with Gasteiger partial charge in [-0.3, -0.25) is 9.52 Å². The normalized spacial score (nSPS) is 14.4. The molecule has 0 atom stereocenters. The molecule has 3 aromatic rings. The molecule has 9 nitrogen and oxygen atoms in total. The van der Waals surface area contributed by atoms with Crippen molar-refractivity contribution in [2.75, 3.05) is 36.5 Å². The van der Waals surface area contributed by atoms with Gasteiger partial charge in [-0.15, -0.1) is 0 Å². The van der Waals surface area contributed by atoms with Crippen molar-refractivity contribution in [3.63, 3.8) is 0 Å². The van der Waals surface area contributed by atoms with Gasteiger partial charge in [0.2, 0.25) is 5.91 Å². The van der Waals surface area contributed by atoms with Gasteiger partial charge in [0.1, 0.15) is 26.4 Å². The lowest BCUT2D eigenvalue weighted by Crippen LogP contribution is -2.17. The summed E-state index contributed by atoms with van der Waals surface area (Å²) in [5, 5.41) is 2.74. The molecule has 0 spiro atoms. The Morgan fingerprint density at radius 3 is 1.97 bits per heavy atom. The molecule has 0 aromatic heterocycles. The molecular formula is C25H22N2O7S. The van der Waals surface area contributed by atoms with Gasteiger partial charge in [-0.25, -0.2) is 8.42 Å². The van der Waals surface area contributed by atoms with Crippen LogP contribution in [0.4, 0.5) is 11.4 Å². The summed E-state index contributed by atoms with van der Waals surface area (Å²) in [5.41, 5.74) is 1.67. The molecule has 0 saturated heterocycles. The highest BCUT2D eigenvalue weighted by molar-refractivity contribution is 7.92. The number of hydrogen-bond acceptors (Lipinski definition) is 7. The first-order chi connectivity index (χ1) is 17.0. The van der Waals surface area contributed by atoms with Crippen molar-refractivity contribution >= 4 is 33.4 Å². The summed E-state index contributed by atoms with van der Waals surface area (Å²) < 4.78 is 50.0. The smallest absolute Gasteiger partial charge is 0.262 e. The lowest BCUT2D eigenvalue weighted by Gasteiger charge is -2.19. The second kappa shape index (κ2) is 9.59. The molecule has 0 radical (unpaired) electrons. The number of fused-ring (bicyclic) bond motifs is 2. The number of ether oxygens (including phenoxy) is 4. The van der Waals surface area contributed by atoms with Crippen LogP contribution >= 0.6 is 0 Å². The fourth-order valence-electron chi connectivity index (χ4n) is 3.55. The van der Waals surface area contributed by atoms with E-state index in [1.807, 2.05) is 6.07 Å². The zero-order chi connectivity index (χ0) is 24.3. The van der Waals surface area contributed by atoms with Gasteiger partial charge in [0.05, 0.1) is 4.90 Å². The quantitative estimate of drug-likeness (QED) is 0.503. The Hall–Kier alpha value is -4.18. The number of carbonyl (C=O) groups excluding carboxylic acids is 1. The maximum absolute atomic E-state index is 12.8. The van der Waals surface area contributed by atoms with Crippen molar-refractivity contribution in [1.29, 1.82) is 0 Å². The summed E-state index contributed by atoms with van der Waals surface area (Å²) in [6.07, 6.45) is 3.08. The van der Waals surface area contributed by atoms with Crippen molar-refractivity contribution in [2.45, 2.75) is 4.90 Å². The van der Waals surface area contributed by atoms with Gasteiger partial charge >= 0.3 is 0 Å². The van der Waals surface area contributed by atoms with E-state index in [1.54, 1.807) is 48.5 Å². The molecule has 35 heavy (non-hydrogen) atoms. The van der Waals surface area contributed by atoms with Crippen molar-refractivity contribution in [1.82, 2.24) is 0 Å². The number of nitrogens with one attached hydrogen (secondary N) is 2. The van der Waals surface area contributed by atoms with Crippen LogP contribution in [0.1, 0.15) is 5.56 Å². The highest BCUT2D eigenvalue weighted by Crippen LogP contribution is 2.33. The zero-order valence-corrected chi connectivity index (χ0v) is 19.3. The lowest BCUT2D eigenvalue weighted by molar-refractivity contribution is -0.111. The zero-order valence-electron chi connectivity index (χ0n) is 18.5. The molecule has 1 amide bonds. The fourth-order valence-corrected chi connectivity index (χ4v) is 4.62. The standard InChI is InChI=1S/C25H22N2O7S/c28-25(10-2-17-1-8-21-23(15-17)33-13-11-31-21)26-18-3-5-19(6-4-18)27-35(29,30)20-7-9-22-24(16-20)34-14-12-32-22/h1-10,15-16,27H,11-14H2,(H,26,28)/b10-2+. The fraction of sp³-hybridized carbons (Fsp3) is 0.160. The van der Waals surface area contributed by atoms with E-state index in [0.717, 1.165) is 5.56 Å². The van der Waals surface area contributed by atoms with Crippen LogP contribution in [0.3, 0.4) is 0 Å². The van der Waals surface area contributed by atoms with Crippen molar-refractivity contribution in [3.8, 4) is 23.0 Å². The summed E-state index contributed by atoms with van der Waals surface area (Å²) in [6, 6.07) is 16.2. The van der Waals surface area contributed by atoms with Gasteiger partial charge in [-0.05, 0) is 60.2 Å². The Morgan fingerprint density at radius 2 is 1.29 bits per heavy atom. The molecule has 10 heteroatoms. The summed E-state index contributed by atoms with van der Waals surface area (Å²) in [5.74, 6) is 1.90. The predicted octanol–water partition coefficient (Wildman–Crippen LogP) is 3.68. The van der Waals surface area contributed by atoms with Crippen LogP contribution in [-0.4, -0.2) is 40.8 Å². The topological polar surface area (TPSA) is 112 Å². The summed E-state index contributed by atoms with van der Waals surface area (Å²) in [7, 11) is -3.83. The van der Waals surface area contributed by atoms with E-state index in [0.29, 0.717) is 60.8 Å². The highest BCUT2D eigenvalue weighted by atomic mass is 32.2. The molecule has 0 bridgehead atoms. The van der Waals surface area contributed by atoms with E-state index in [1.165, 1.54) is 18.2 Å². The average Bonchev–Trinajstić information content (AvgIpc) is 2.88. The van der Waals surface area contributed by atoms with Crippen LogP contribution in [0, 0.1) is 0 Å². The van der Waals surface area contributed by atoms with E-state index in [4.69, 9.17) is 18.9 Å². The Labute approximate surface area is 202 Å². The molecule has 5 rings (SSSR count). The summed E-state index contributed by atoms with van der Waals surface area (Å²) >= 11 is 0. The van der Waals surface area contributed by atoms with E-state index >= 15 is 0 Å². The molecule has 0 aliphatic carbocycles. The minimum Gasteiger partial charge on any atom is -0.486 e. The van der Waals surface area contributed by atoms with Crippen molar-refractivity contribution < 1.29 is 32.2 Å². The predicted molar refractivity (Wildman–Crippen MR) is 130 cm³/mol. The molecular weight excluding hydrogens is 472 g/mol. The number of carbonyl (C=O) groups is 1. The molecule has 2 aliphatic heterocycles. The third kappa shape index (κ3) is 5.33. The first-order valence-electron chi connectivity index (χ1n) is 10.9. The third-order valence-electron chi connectivity index (χ3n) is 5.22. The first kappa shape index (κ1) is 22.6. The number of benzene rings is 3. The third-order valence-corrected chi connectivity index (χ3v) is 6.60. The maximum atomic E-state index is 12.8. The number of hydrogen-bond donors (Lipinski definition) is 2. The van der Waals surface area contributed by atoms with Crippen LogP contribution in [0.2, 0.25) is 0 Å². The van der Waals surface area contributed by atoms with Crippen LogP contribution in [0.15, 0.2) is 71.6 Å². The van der Waals surface area contributed by atoms with E-state index in [2.05, 4.69) is 10.0 Å². The minimum absolute atomic E-state index is 0.0587. The van der Waals surface area contributed by atoms with Crippen LogP contribution in [0.5, 0.6) is 23.0 Å². The van der Waals surface area contributed by atoms with Crippen molar-refractivity contribution in [2.24, 2.45) is 0 Å². The molecule has 2 aliphatic rings. The van der Waals surface area contributed by atoms with Crippen LogP contribution in [0.25, 0.3) is 6.08 Å². The Morgan fingerprint density at radius 1 is 0.714 bits per heavy atom. The first-order valence-corrected chi connectivity index (χ1v) is 12.4. The van der Waals surface area contributed by atoms with Gasteiger partial charge in [-0.1, -0.05) is 6.07 Å². The van der Waals surface area contributed by atoms with Gasteiger partial charge in [0.25, 0.3) is 10.0 Å².